The van der Waals surface area contributed by atoms with Gasteiger partial charge < -0.3 is 0 Å². The minimum Gasteiger partial charge on any atom is 2.00 e. The van der Waals surface area contributed by atoms with Crippen molar-refractivity contribution in [2.24, 2.45) is 0 Å². The summed E-state index contributed by atoms with van der Waals surface area (Å²) in [6.07, 6.45) is 0. The van der Waals surface area contributed by atoms with Gasteiger partial charge in [0.2, 0.25) is 0 Å². The van der Waals surface area contributed by atoms with Crippen LogP contribution < -0.4 is 0 Å². The summed E-state index contributed by atoms with van der Waals surface area (Å²) in [5.41, 5.74) is 6.70. The van der Waals surface area contributed by atoms with E-state index in [1.165, 1.54) is 17.5 Å². The first-order valence-corrected chi connectivity index (χ1v) is 41.4. The van der Waals surface area contributed by atoms with Crippen LogP contribution in [0.15, 0.2) is 48.5 Å². The predicted octanol–water partition coefficient (Wildman–Crippen LogP) is 5.64. The van der Waals surface area contributed by atoms with E-state index in [1.54, 1.807) is 22.3 Å². The summed E-state index contributed by atoms with van der Waals surface area (Å²) in [6.45, 7) is 0. The van der Waals surface area contributed by atoms with Crippen LogP contribution in [-0.4, -0.2) is 80.8 Å². The average molecular weight is 926 g/mol. The Hall–Kier alpha value is 2.38. The van der Waals surface area contributed by atoms with Crippen molar-refractivity contribution in [2.45, 2.75) is 56.4 Å². The number of benzene rings is 2. The maximum atomic E-state index is 2.50. The van der Waals surface area contributed by atoms with Gasteiger partial charge in [-0.05, 0) is 0 Å². The van der Waals surface area contributed by atoms with Crippen LogP contribution in [0.3, 0.4) is 0 Å². The van der Waals surface area contributed by atoms with Gasteiger partial charge in [-0.15, -0.1) is 0 Å². The molecule has 0 saturated heterocycles. The van der Waals surface area contributed by atoms with Crippen LogP contribution in [0.1, 0.15) is 22.3 Å². The Morgan fingerprint density at radius 3 is 0.724 bits per heavy atom. The maximum Gasteiger partial charge on any atom is 2.00 e. The SMILES string of the molecule is [CH3][SbH]([CH3])[CH2]c1ccccc1[CH2][SbH]([CH3])[CH3].[CH3][SbH]([CH3])[CH2]c1ccccc1[CH2][SbH]([CH3])[CH3].[Pd+2]. The number of hydrogen-bond acceptors (Lipinski definition) is 0. The van der Waals surface area contributed by atoms with E-state index in [0.717, 1.165) is 0 Å². The van der Waals surface area contributed by atoms with E-state index in [-0.39, 0.29) is 20.4 Å². The first-order valence-electron chi connectivity index (χ1n) is 10.5. The molecule has 2 aromatic rings. The Morgan fingerprint density at radius 2 is 0.586 bits per heavy atom. The first kappa shape index (κ1) is 31.4. The molecular formula is C24H44PdSb4+2. The number of rotatable bonds is 8. The van der Waals surface area contributed by atoms with Gasteiger partial charge in [0.05, 0.1) is 0 Å². The Labute approximate surface area is 224 Å². The van der Waals surface area contributed by atoms with Crippen LogP contribution in [-0.2, 0) is 37.9 Å². The summed E-state index contributed by atoms with van der Waals surface area (Å²) < 4.78 is 5.76. The fraction of sp³-hybridized carbons (Fsp3) is 0.500. The van der Waals surface area contributed by atoms with E-state index < -0.39 is 80.8 Å². The first-order chi connectivity index (χ1) is 13.2. The maximum absolute atomic E-state index is 2.50. The molecule has 0 spiro atoms. The average Bonchev–Trinajstić information content (AvgIpc) is 2.57. The van der Waals surface area contributed by atoms with E-state index in [2.05, 4.69) is 87.5 Å². The third kappa shape index (κ3) is 15.0. The van der Waals surface area contributed by atoms with E-state index in [4.69, 9.17) is 0 Å². The van der Waals surface area contributed by atoms with Gasteiger partial charge in [0.1, 0.15) is 0 Å². The molecule has 168 valence electrons. The van der Waals surface area contributed by atoms with Gasteiger partial charge in [-0.25, -0.2) is 0 Å². The van der Waals surface area contributed by atoms with Gasteiger partial charge in [0.25, 0.3) is 0 Å². The summed E-state index contributed by atoms with van der Waals surface area (Å²) in [6, 6.07) is 18.3. The fourth-order valence-corrected chi connectivity index (χ4v) is 16.0. The van der Waals surface area contributed by atoms with Crippen LogP contribution in [0, 0.1) is 0 Å². The smallest absolute Gasteiger partial charge is 2.00 e. The van der Waals surface area contributed by atoms with Crippen LogP contribution >= 0.6 is 0 Å². The molecular weight excluding hydrogens is 882 g/mol. The number of hydrogen-bond donors (Lipinski definition) is 0. The molecule has 2 rings (SSSR count). The molecule has 0 bridgehead atoms. The van der Waals surface area contributed by atoms with Crippen molar-refractivity contribution in [2.75, 3.05) is 0 Å². The van der Waals surface area contributed by atoms with Crippen molar-refractivity contribution < 1.29 is 20.4 Å². The molecule has 0 heterocycles. The van der Waals surface area contributed by atoms with Crippen molar-refractivity contribution in [1.82, 2.24) is 0 Å². The molecule has 0 atom stereocenters. The van der Waals surface area contributed by atoms with Crippen LogP contribution in [0.4, 0.5) is 0 Å². The van der Waals surface area contributed by atoms with Crippen LogP contribution in [0.25, 0.3) is 0 Å². The van der Waals surface area contributed by atoms with Crippen molar-refractivity contribution in [3.8, 4) is 0 Å². The summed E-state index contributed by atoms with van der Waals surface area (Å²) in [4.78, 5) is 20.0. The summed E-state index contributed by atoms with van der Waals surface area (Å²) >= 11 is -3.83. The zero-order valence-corrected chi connectivity index (χ0v) is 32.7. The minimum absolute atomic E-state index is 0. The van der Waals surface area contributed by atoms with Crippen molar-refractivity contribution in [3.05, 3.63) is 70.8 Å². The second kappa shape index (κ2) is 17.8. The molecule has 0 aliphatic heterocycles. The predicted molar refractivity (Wildman–Crippen MR) is 143 cm³/mol. The molecule has 0 amide bonds. The van der Waals surface area contributed by atoms with Gasteiger partial charge in [-0.1, -0.05) is 0 Å². The quantitative estimate of drug-likeness (QED) is 0.301. The Bertz CT molecular complexity index is 567. The Kier molecular flexibility index (Phi) is 19.3. The van der Waals surface area contributed by atoms with Gasteiger partial charge in [-0.2, -0.15) is 0 Å². The monoisotopic (exact) mass is 922 g/mol. The molecule has 0 aliphatic rings. The molecule has 0 aromatic heterocycles. The molecule has 4 radical (unpaired) electrons. The van der Waals surface area contributed by atoms with E-state index in [9.17, 15) is 0 Å². The normalized spacial score (nSPS) is 10.9. The standard InChI is InChI=1S/2C8H8.8CH3.Pd.4Sb.4H/c2*1-7-5-3-4-6-8(7)2;;;;;;;;;;;;;;;;;/h2*3-6H,1-2H2;8*1H3;;;;;;;;;/q;;;;;;;;;;+2;;;;;;;;. The van der Waals surface area contributed by atoms with E-state index in [0.29, 0.717) is 0 Å². The fourth-order valence-electron chi connectivity index (χ4n) is 3.33. The molecule has 0 aliphatic carbocycles. The molecule has 0 unspecified atom stereocenters. The van der Waals surface area contributed by atoms with Crippen molar-refractivity contribution >= 4 is 80.8 Å². The second-order valence-corrected chi connectivity index (χ2v) is 40.7. The summed E-state index contributed by atoms with van der Waals surface area (Å²) in [5, 5.41) is 0. The Balaban J connectivity index is 0.000000523. The largest absolute Gasteiger partial charge is 2.00 e. The summed E-state index contributed by atoms with van der Waals surface area (Å²) in [7, 11) is 0. The zero-order chi connectivity index (χ0) is 21.1. The second-order valence-electron chi connectivity index (χ2n) is 9.07. The van der Waals surface area contributed by atoms with Gasteiger partial charge in [0, 0.05) is 0 Å². The third-order valence-corrected chi connectivity index (χ3v) is 16.8. The molecule has 0 saturated carbocycles. The van der Waals surface area contributed by atoms with Gasteiger partial charge in [0.15, 0.2) is 0 Å². The minimum atomic E-state index is -0.958. The van der Waals surface area contributed by atoms with E-state index >= 15 is 0 Å². The van der Waals surface area contributed by atoms with Gasteiger partial charge >= 0.3 is 228 Å². The Morgan fingerprint density at radius 1 is 0.414 bits per heavy atom. The van der Waals surface area contributed by atoms with Crippen molar-refractivity contribution in [1.29, 1.82) is 0 Å². The summed E-state index contributed by atoms with van der Waals surface area (Å²) in [5.74, 6) is 0. The molecule has 0 nitrogen and oxygen atoms in total. The van der Waals surface area contributed by atoms with Gasteiger partial charge in [-0.3, -0.25) is 0 Å². The van der Waals surface area contributed by atoms with E-state index in [1.807, 2.05) is 0 Å². The molecule has 2 aromatic carbocycles. The molecule has 5 heteroatoms. The zero-order valence-electron chi connectivity index (χ0n) is 19.8. The topological polar surface area (TPSA) is 0 Å². The molecule has 0 fully saturated rings. The third-order valence-electron chi connectivity index (χ3n) is 4.41. The van der Waals surface area contributed by atoms with Crippen LogP contribution in [0.5, 0.6) is 0 Å². The molecule has 29 heavy (non-hydrogen) atoms. The molecule has 0 N–H and O–H groups in total. The van der Waals surface area contributed by atoms with Crippen LogP contribution in [0.2, 0.25) is 39.0 Å². The van der Waals surface area contributed by atoms with Crippen molar-refractivity contribution in [3.63, 3.8) is 0 Å².